The zero-order valence-electron chi connectivity index (χ0n) is 8.02. The highest BCUT2D eigenvalue weighted by atomic mass is 16.6. The number of hydrogen-bond donors (Lipinski definition) is 3. The van der Waals surface area contributed by atoms with E-state index in [2.05, 4.69) is 10.7 Å². The minimum Gasteiger partial charge on any atom is -0.318 e. The Morgan fingerprint density at radius 1 is 1.67 bits per heavy atom. The number of nitro groups is 1. The number of nitro benzene ring substituents is 1. The van der Waals surface area contributed by atoms with E-state index in [1.54, 1.807) is 13.0 Å². The van der Waals surface area contributed by atoms with Gasteiger partial charge in [-0.2, -0.15) is 5.43 Å². The van der Waals surface area contributed by atoms with E-state index in [0.717, 1.165) is 5.56 Å². The maximum absolute atomic E-state index is 10.7. The molecule has 15 heavy (non-hydrogen) atoms. The minimum absolute atomic E-state index is 0.108. The first-order valence-corrected chi connectivity index (χ1v) is 4.06. The lowest BCUT2D eigenvalue weighted by Crippen LogP contribution is -2.28. The third kappa shape index (κ3) is 2.64. The molecule has 0 fully saturated rings. The number of hydrogen-bond acceptors (Lipinski definition) is 4. The van der Waals surface area contributed by atoms with Crippen molar-refractivity contribution in [3.63, 3.8) is 0 Å². The van der Waals surface area contributed by atoms with Gasteiger partial charge >= 0.3 is 0 Å². The summed E-state index contributed by atoms with van der Waals surface area (Å²) in [6.45, 7) is 1.75. The summed E-state index contributed by atoms with van der Waals surface area (Å²) in [4.78, 5) is 10.1. The number of aryl methyl sites for hydroxylation is 1. The highest BCUT2D eigenvalue weighted by Crippen LogP contribution is 2.24. The van der Waals surface area contributed by atoms with Gasteiger partial charge in [0.1, 0.15) is 5.69 Å². The van der Waals surface area contributed by atoms with Gasteiger partial charge in [0.2, 0.25) is 5.96 Å². The van der Waals surface area contributed by atoms with Crippen LogP contribution in [0.5, 0.6) is 0 Å². The summed E-state index contributed by atoms with van der Waals surface area (Å²) in [7, 11) is 0. The Labute approximate surface area is 85.9 Å². The van der Waals surface area contributed by atoms with Gasteiger partial charge in [-0.3, -0.25) is 15.5 Å². The number of rotatable bonds is 2. The maximum Gasteiger partial charge on any atom is 0.293 e. The van der Waals surface area contributed by atoms with Gasteiger partial charge in [0, 0.05) is 6.07 Å². The molecular weight excluding hydrogens is 198 g/mol. The molecule has 0 spiro atoms. The normalized spacial score (nSPS) is 9.47. The van der Waals surface area contributed by atoms with Gasteiger partial charge in [-0.1, -0.05) is 6.07 Å². The Bertz CT molecular complexity index is 404. The average Bonchev–Trinajstić information content (AvgIpc) is 2.20. The van der Waals surface area contributed by atoms with Crippen molar-refractivity contribution in [2.45, 2.75) is 6.92 Å². The van der Waals surface area contributed by atoms with Crippen molar-refractivity contribution < 1.29 is 4.92 Å². The third-order valence-corrected chi connectivity index (χ3v) is 1.73. The zero-order valence-corrected chi connectivity index (χ0v) is 8.02. The molecular formula is C8H10N5O2. The van der Waals surface area contributed by atoms with Crippen LogP contribution in [0.3, 0.4) is 0 Å². The molecule has 0 bridgehead atoms. The standard InChI is InChI=1S/C8H10N5O2/c1-5-2-3-6(11-8(9)12-10)7(4-5)13(14)15/h2-4H,10H2,1H3,(H2,9,11). The second kappa shape index (κ2) is 4.38. The molecule has 0 aliphatic carbocycles. The predicted molar refractivity (Wildman–Crippen MR) is 55.5 cm³/mol. The van der Waals surface area contributed by atoms with Gasteiger partial charge in [-0.15, -0.1) is 0 Å². The fourth-order valence-electron chi connectivity index (χ4n) is 1.06. The van der Waals surface area contributed by atoms with E-state index in [0.29, 0.717) is 0 Å². The molecule has 1 radical (unpaired) electrons. The molecule has 79 valence electrons. The molecule has 1 aromatic carbocycles. The molecule has 0 amide bonds. The summed E-state index contributed by atoms with van der Waals surface area (Å²) in [5.74, 6) is 4.51. The highest BCUT2D eigenvalue weighted by Gasteiger charge is 2.14. The zero-order chi connectivity index (χ0) is 11.4. The summed E-state index contributed by atoms with van der Waals surface area (Å²) < 4.78 is 0. The molecule has 0 saturated heterocycles. The molecule has 0 heterocycles. The Balaban J connectivity index is 3.06. The van der Waals surface area contributed by atoms with Crippen LogP contribution < -0.4 is 16.6 Å². The number of guanidine groups is 1. The van der Waals surface area contributed by atoms with Crippen LogP contribution in [0, 0.1) is 22.4 Å². The maximum atomic E-state index is 10.7. The SMILES string of the molecule is Cc1ccc(NC(=N)[N]N)c([N+](=O)[O-])c1. The van der Waals surface area contributed by atoms with E-state index in [4.69, 9.17) is 11.3 Å². The van der Waals surface area contributed by atoms with Crippen LogP contribution in [-0.4, -0.2) is 10.9 Å². The molecule has 1 aromatic rings. The lowest BCUT2D eigenvalue weighted by molar-refractivity contribution is -0.383. The van der Waals surface area contributed by atoms with Crippen LogP contribution in [0.25, 0.3) is 0 Å². The quantitative estimate of drug-likeness (QED) is 0.218. The van der Waals surface area contributed by atoms with E-state index >= 15 is 0 Å². The fraction of sp³-hybridized carbons (Fsp3) is 0.125. The second-order valence-corrected chi connectivity index (χ2v) is 2.88. The molecule has 0 aromatic heterocycles. The Morgan fingerprint density at radius 3 is 2.87 bits per heavy atom. The number of nitrogens with zero attached hydrogens (tertiary/aromatic N) is 2. The van der Waals surface area contributed by atoms with Gasteiger partial charge in [-0.05, 0) is 18.6 Å². The van der Waals surface area contributed by atoms with Crippen LogP contribution >= 0.6 is 0 Å². The monoisotopic (exact) mass is 208 g/mol. The van der Waals surface area contributed by atoms with Crippen molar-refractivity contribution in [3.8, 4) is 0 Å². The molecule has 7 nitrogen and oxygen atoms in total. The second-order valence-electron chi connectivity index (χ2n) is 2.88. The number of nitrogens with one attached hydrogen (secondary N) is 2. The molecule has 1 rings (SSSR count). The van der Waals surface area contributed by atoms with Gasteiger partial charge < -0.3 is 5.32 Å². The predicted octanol–water partition coefficient (Wildman–Crippen LogP) is 0.728. The molecule has 0 aliphatic heterocycles. The highest BCUT2D eigenvalue weighted by molar-refractivity contribution is 5.92. The molecule has 0 atom stereocenters. The lowest BCUT2D eigenvalue weighted by atomic mass is 10.2. The van der Waals surface area contributed by atoms with Crippen LogP contribution in [-0.2, 0) is 0 Å². The van der Waals surface area contributed by atoms with E-state index in [1.807, 2.05) is 0 Å². The van der Waals surface area contributed by atoms with Gasteiger partial charge in [0.25, 0.3) is 5.69 Å². The number of anilines is 1. The van der Waals surface area contributed by atoms with Crippen molar-refractivity contribution in [3.05, 3.63) is 33.9 Å². The van der Waals surface area contributed by atoms with Crippen molar-refractivity contribution in [1.29, 1.82) is 5.41 Å². The Kier molecular flexibility index (Phi) is 3.19. The summed E-state index contributed by atoms with van der Waals surface area (Å²) in [6, 6.07) is 4.61. The molecule has 0 saturated carbocycles. The van der Waals surface area contributed by atoms with E-state index in [9.17, 15) is 10.1 Å². The minimum atomic E-state index is -0.529. The third-order valence-electron chi connectivity index (χ3n) is 1.73. The van der Waals surface area contributed by atoms with E-state index in [1.165, 1.54) is 12.1 Å². The van der Waals surface area contributed by atoms with Crippen LogP contribution in [0.2, 0.25) is 0 Å². The molecule has 7 heteroatoms. The van der Waals surface area contributed by atoms with Gasteiger partial charge in [0.15, 0.2) is 0 Å². The van der Waals surface area contributed by atoms with Crippen molar-refractivity contribution in [2.24, 2.45) is 5.84 Å². The average molecular weight is 208 g/mol. The molecule has 0 aliphatic rings. The number of nitrogens with two attached hydrogens (primary N) is 1. The Hall–Kier alpha value is -2.15. The van der Waals surface area contributed by atoms with Crippen molar-refractivity contribution in [1.82, 2.24) is 5.43 Å². The van der Waals surface area contributed by atoms with E-state index in [-0.39, 0.29) is 17.3 Å². The van der Waals surface area contributed by atoms with Crippen molar-refractivity contribution >= 4 is 17.3 Å². The van der Waals surface area contributed by atoms with Crippen LogP contribution in [0.15, 0.2) is 18.2 Å². The Morgan fingerprint density at radius 2 is 2.33 bits per heavy atom. The summed E-state index contributed by atoms with van der Waals surface area (Å²) >= 11 is 0. The molecule has 4 N–H and O–H groups in total. The first-order chi connectivity index (χ1) is 7.04. The topological polar surface area (TPSA) is 119 Å². The summed E-state index contributed by atoms with van der Waals surface area (Å²) in [6.07, 6.45) is 0. The lowest BCUT2D eigenvalue weighted by Gasteiger charge is -2.05. The first-order valence-electron chi connectivity index (χ1n) is 4.06. The van der Waals surface area contributed by atoms with Crippen LogP contribution in [0.4, 0.5) is 11.4 Å². The summed E-state index contributed by atoms with van der Waals surface area (Å²) in [5.41, 5.74) is 3.91. The fourth-order valence-corrected chi connectivity index (χ4v) is 1.06. The smallest absolute Gasteiger partial charge is 0.293 e. The number of benzene rings is 1. The summed E-state index contributed by atoms with van der Waals surface area (Å²) in [5, 5.41) is 20.2. The molecule has 0 unspecified atom stereocenters. The first kappa shape index (κ1) is 10.9. The largest absolute Gasteiger partial charge is 0.318 e. The van der Waals surface area contributed by atoms with Gasteiger partial charge in [0.05, 0.1) is 4.92 Å². The van der Waals surface area contributed by atoms with Crippen LogP contribution in [0.1, 0.15) is 5.56 Å². The van der Waals surface area contributed by atoms with Crippen molar-refractivity contribution in [2.75, 3.05) is 5.32 Å². The van der Waals surface area contributed by atoms with Gasteiger partial charge in [-0.25, -0.2) is 5.84 Å². The van der Waals surface area contributed by atoms with E-state index < -0.39 is 4.92 Å².